The quantitative estimate of drug-likeness (QED) is 0.819. The fourth-order valence-corrected chi connectivity index (χ4v) is 1.69. The Bertz CT molecular complexity index is 341. The molecule has 2 heterocycles. The van der Waals surface area contributed by atoms with Crippen LogP contribution in [0.1, 0.15) is 0 Å². The van der Waals surface area contributed by atoms with E-state index in [0.29, 0.717) is 11.0 Å². The van der Waals surface area contributed by atoms with Crippen molar-refractivity contribution in [3.05, 3.63) is 11.2 Å². The monoisotopic (exact) mass is 228 g/mol. The molecule has 1 aliphatic heterocycles. The number of rotatable bonds is 2. The van der Waals surface area contributed by atoms with Crippen molar-refractivity contribution >= 4 is 23.4 Å². The predicted molar refractivity (Wildman–Crippen MR) is 59.6 cm³/mol. The molecule has 1 aromatic rings. The minimum atomic E-state index is 0.580. The number of halogens is 1. The lowest BCUT2D eigenvalue weighted by Gasteiger charge is -2.28. The second-order valence-electron chi connectivity index (χ2n) is 3.21. The van der Waals surface area contributed by atoms with Gasteiger partial charge in [-0.25, -0.2) is 4.98 Å². The molecule has 1 aromatic heterocycles. The molecular formula is C9H13ClN4O. The lowest BCUT2D eigenvalue weighted by atomic mass is 10.4. The highest BCUT2D eigenvalue weighted by atomic mass is 35.5. The molecule has 2 rings (SSSR count). The average Bonchev–Trinajstić information content (AvgIpc) is 2.31. The van der Waals surface area contributed by atoms with Gasteiger partial charge in [-0.2, -0.15) is 4.98 Å². The van der Waals surface area contributed by atoms with Crippen molar-refractivity contribution in [2.75, 3.05) is 43.6 Å². The van der Waals surface area contributed by atoms with Gasteiger partial charge >= 0.3 is 0 Å². The molecule has 15 heavy (non-hydrogen) atoms. The van der Waals surface area contributed by atoms with E-state index in [4.69, 9.17) is 16.3 Å². The fourth-order valence-electron chi connectivity index (χ4n) is 1.48. The van der Waals surface area contributed by atoms with Gasteiger partial charge in [0.1, 0.15) is 5.02 Å². The number of aromatic nitrogens is 2. The van der Waals surface area contributed by atoms with Crippen molar-refractivity contribution in [2.24, 2.45) is 0 Å². The molecule has 0 amide bonds. The molecule has 1 fully saturated rings. The smallest absolute Gasteiger partial charge is 0.224 e. The number of nitrogens with zero attached hydrogens (tertiary/aromatic N) is 3. The highest BCUT2D eigenvalue weighted by Gasteiger charge is 2.16. The van der Waals surface area contributed by atoms with E-state index in [2.05, 4.69) is 20.2 Å². The van der Waals surface area contributed by atoms with Crippen molar-refractivity contribution in [1.82, 2.24) is 9.97 Å². The molecule has 5 nitrogen and oxygen atoms in total. The Hall–Kier alpha value is -1.07. The molecule has 0 radical (unpaired) electrons. The Morgan fingerprint density at radius 1 is 1.47 bits per heavy atom. The highest BCUT2D eigenvalue weighted by molar-refractivity contribution is 6.32. The average molecular weight is 229 g/mol. The minimum absolute atomic E-state index is 0.580. The van der Waals surface area contributed by atoms with Gasteiger partial charge in [0.05, 0.1) is 19.4 Å². The number of hydrogen-bond acceptors (Lipinski definition) is 5. The minimum Gasteiger partial charge on any atom is -0.378 e. The van der Waals surface area contributed by atoms with Crippen LogP contribution in [0.4, 0.5) is 11.8 Å². The maximum absolute atomic E-state index is 6.05. The van der Waals surface area contributed by atoms with Crippen molar-refractivity contribution < 1.29 is 4.74 Å². The number of hydrogen-bond donors (Lipinski definition) is 1. The zero-order chi connectivity index (χ0) is 10.7. The lowest BCUT2D eigenvalue weighted by Crippen LogP contribution is -2.37. The Morgan fingerprint density at radius 3 is 2.87 bits per heavy atom. The van der Waals surface area contributed by atoms with E-state index in [1.165, 1.54) is 0 Å². The summed E-state index contributed by atoms with van der Waals surface area (Å²) in [5.74, 6) is 1.36. The van der Waals surface area contributed by atoms with Gasteiger partial charge in [0, 0.05) is 20.1 Å². The fraction of sp³-hybridized carbons (Fsp3) is 0.556. The molecule has 1 aliphatic rings. The molecule has 0 spiro atoms. The maximum Gasteiger partial charge on any atom is 0.224 e. The second-order valence-corrected chi connectivity index (χ2v) is 3.62. The van der Waals surface area contributed by atoms with Crippen LogP contribution in [0.2, 0.25) is 5.02 Å². The Morgan fingerprint density at radius 2 is 2.20 bits per heavy atom. The number of nitrogens with one attached hydrogen (secondary N) is 1. The first-order chi connectivity index (χ1) is 7.31. The third kappa shape index (κ3) is 2.30. The van der Waals surface area contributed by atoms with Crippen LogP contribution in [0.15, 0.2) is 6.20 Å². The van der Waals surface area contributed by atoms with E-state index in [0.717, 1.165) is 32.1 Å². The van der Waals surface area contributed by atoms with Crippen molar-refractivity contribution in [3.63, 3.8) is 0 Å². The molecule has 0 unspecified atom stereocenters. The lowest BCUT2D eigenvalue weighted by molar-refractivity contribution is 0.122. The van der Waals surface area contributed by atoms with E-state index in [-0.39, 0.29) is 0 Å². The molecule has 0 atom stereocenters. The van der Waals surface area contributed by atoms with Crippen molar-refractivity contribution in [3.8, 4) is 0 Å². The van der Waals surface area contributed by atoms with Gasteiger partial charge in [-0.3, -0.25) is 0 Å². The molecule has 6 heteroatoms. The van der Waals surface area contributed by atoms with Gasteiger partial charge in [-0.15, -0.1) is 0 Å². The van der Waals surface area contributed by atoms with Crippen molar-refractivity contribution in [2.45, 2.75) is 0 Å². The standard InChI is InChI=1S/C9H13ClN4O/c1-11-9-12-6-7(10)8(13-9)14-2-4-15-5-3-14/h6H,2-5H2,1H3,(H,11,12,13). The van der Waals surface area contributed by atoms with Gasteiger partial charge in [0.25, 0.3) is 0 Å². The van der Waals surface area contributed by atoms with Crippen LogP contribution < -0.4 is 10.2 Å². The second kappa shape index (κ2) is 4.63. The van der Waals surface area contributed by atoms with Crippen LogP contribution in [-0.2, 0) is 4.74 Å². The summed E-state index contributed by atoms with van der Waals surface area (Å²) < 4.78 is 5.27. The van der Waals surface area contributed by atoms with E-state index >= 15 is 0 Å². The summed E-state index contributed by atoms with van der Waals surface area (Å²) in [7, 11) is 1.78. The summed E-state index contributed by atoms with van der Waals surface area (Å²) in [5.41, 5.74) is 0. The van der Waals surface area contributed by atoms with Crippen LogP contribution in [-0.4, -0.2) is 43.3 Å². The van der Waals surface area contributed by atoms with Crippen LogP contribution in [0.3, 0.4) is 0 Å². The number of ether oxygens (including phenoxy) is 1. The Labute approximate surface area is 93.4 Å². The molecule has 0 bridgehead atoms. The largest absolute Gasteiger partial charge is 0.378 e. The molecule has 0 aromatic carbocycles. The van der Waals surface area contributed by atoms with E-state index in [1.807, 2.05) is 0 Å². The van der Waals surface area contributed by atoms with Gasteiger partial charge in [-0.05, 0) is 0 Å². The summed E-state index contributed by atoms with van der Waals surface area (Å²) in [6.45, 7) is 3.07. The normalized spacial score (nSPS) is 16.5. The number of morpholine rings is 1. The van der Waals surface area contributed by atoms with E-state index in [9.17, 15) is 0 Å². The molecule has 1 N–H and O–H groups in total. The Balaban J connectivity index is 2.24. The molecule has 0 saturated carbocycles. The summed E-state index contributed by atoms with van der Waals surface area (Å²) in [4.78, 5) is 10.5. The molecule has 82 valence electrons. The summed E-state index contributed by atoms with van der Waals surface area (Å²) in [5, 5.41) is 3.47. The molecule has 0 aliphatic carbocycles. The first kappa shape index (κ1) is 10.4. The predicted octanol–water partition coefficient (Wildman–Crippen LogP) is 1.01. The zero-order valence-electron chi connectivity index (χ0n) is 8.53. The zero-order valence-corrected chi connectivity index (χ0v) is 9.29. The van der Waals surface area contributed by atoms with Gasteiger partial charge in [0.2, 0.25) is 5.95 Å². The van der Waals surface area contributed by atoms with E-state index in [1.54, 1.807) is 13.2 Å². The van der Waals surface area contributed by atoms with Crippen molar-refractivity contribution in [1.29, 1.82) is 0 Å². The Kier molecular flexibility index (Phi) is 3.23. The third-order valence-electron chi connectivity index (χ3n) is 2.26. The molecular weight excluding hydrogens is 216 g/mol. The van der Waals surface area contributed by atoms with Crippen LogP contribution >= 0.6 is 11.6 Å². The summed E-state index contributed by atoms with van der Waals surface area (Å²) >= 11 is 6.05. The van der Waals surface area contributed by atoms with Gasteiger partial charge < -0.3 is 15.0 Å². The van der Waals surface area contributed by atoms with Crippen LogP contribution in [0.5, 0.6) is 0 Å². The summed E-state index contributed by atoms with van der Waals surface area (Å²) in [6, 6.07) is 0. The van der Waals surface area contributed by atoms with Crippen LogP contribution in [0.25, 0.3) is 0 Å². The third-order valence-corrected chi connectivity index (χ3v) is 2.53. The first-order valence-electron chi connectivity index (χ1n) is 4.84. The topological polar surface area (TPSA) is 50.3 Å². The van der Waals surface area contributed by atoms with E-state index < -0.39 is 0 Å². The number of anilines is 2. The van der Waals surface area contributed by atoms with Crippen LogP contribution in [0, 0.1) is 0 Å². The summed E-state index contributed by atoms with van der Waals surface area (Å²) in [6.07, 6.45) is 1.62. The highest BCUT2D eigenvalue weighted by Crippen LogP contribution is 2.24. The maximum atomic E-state index is 6.05. The van der Waals surface area contributed by atoms with Gasteiger partial charge in [-0.1, -0.05) is 11.6 Å². The molecule has 1 saturated heterocycles. The first-order valence-corrected chi connectivity index (χ1v) is 5.22. The van der Waals surface area contributed by atoms with Gasteiger partial charge in [0.15, 0.2) is 5.82 Å². The SMILES string of the molecule is CNc1ncc(Cl)c(N2CCOCC2)n1.